The first-order valence-electron chi connectivity index (χ1n) is 4.29. The van der Waals surface area contributed by atoms with Crippen LogP contribution in [0.5, 0.6) is 0 Å². The fourth-order valence-corrected chi connectivity index (χ4v) is 1.24. The number of benzene rings is 1. The van der Waals surface area contributed by atoms with E-state index < -0.39 is 0 Å². The Labute approximate surface area is 74.6 Å². The first kappa shape index (κ1) is 8.87. The first-order valence-corrected chi connectivity index (χ1v) is 4.29. The van der Waals surface area contributed by atoms with Crippen molar-refractivity contribution in [2.24, 2.45) is 0 Å². The van der Waals surface area contributed by atoms with E-state index in [0.717, 1.165) is 12.0 Å². The highest BCUT2D eigenvalue weighted by Crippen LogP contribution is 2.07. The molecule has 0 heteroatoms. The molecule has 0 saturated carbocycles. The van der Waals surface area contributed by atoms with Gasteiger partial charge in [-0.2, -0.15) is 0 Å². The van der Waals surface area contributed by atoms with Crippen molar-refractivity contribution in [2.45, 2.75) is 27.2 Å². The lowest BCUT2D eigenvalue weighted by atomic mass is 10.1. The molecular formula is C12H14. The van der Waals surface area contributed by atoms with E-state index in [1.807, 2.05) is 0 Å². The second kappa shape index (κ2) is 3.97. The highest BCUT2D eigenvalue weighted by molar-refractivity contribution is 5.39. The normalized spacial score (nSPS) is 8.92. The summed E-state index contributed by atoms with van der Waals surface area (Å²) in [4.78, 5) is 0. The summed E-state index contributed by atoms with van der Waals surface area (Å²) >= 11 is 0. The topological polar surface area (TPSA) is 0 Å². The molecule has 0 atom stereocenters. The smallest absolute Gasteiger partial charge is 0.0250 e. The van der Waals surface area contributed by atoms with Crippen LogP contribution in [0, 0.1) is 25.7 Å². The number of aryl methyl sites for hydroxylation is 2. The maximum Gasteiger partial charge on any atom is 0.0250 e. The van der Waals surface area contributed by atoms with Crippen LogP contribution in [0.4, 0.5) is 0 Å². The third kappa shape index (κ3) is 2.43. The Bertz CT molecular complexity index is 303. The molecule has 12 heavy (non-hydrogen) atoms. The van der Waals surface area contributed by atoms with Gasteiger partial charge in [-0.1, -0.05) is 24.8 Å². The van der Waals surface area contributed by atoms with Crippen LogP contribution in [0.2, 0.25) is 0 Å². The van der Waals surface area contributed by atoms with Crippen LogP contribution in [-0.2, 0) is 0 Å². The number of hydrogen-bond acceptors (Lipinski definition) is 0. The Balaban J connectivity index is 3.01. The van der Waals surface area contributed by atoms with Crippen molar-refractivity contribution in [3.05, 3.63) is 34.9 Å². The summed E-state index contributed by atoms with van der Waals surface area (Å²) in [5.74, 6) is 6.19. The molecule has 0 amide bonds. The zero-order valence-electron chi connectivity index (χ0n) is 7.94. The molecule has 0 unspecified atom stereocenters. The van der Waals surface area contributed by atoms with Crippen molar-refractivity contribution in [3.63, 3.8) is 0 Å². The zero-order valence-corrected chi connectivity index (χ0v) is 7.94. The minimum Gasteiger partial charge on any atom is -0.0982 e. The van der Waals surface area contributed by atoms with Crippen molar-refractivity contribution in [2.75, 3.05) is 0 Å². The maximum atomic E-state index is 3.13. The van der Waals surface area contributed by atoms with Crippen LogP contribution in [-0.4, -0.2) is 0 Å². The van der Waals surface area contributed by atoms with Crippen LogP contribution >= 0.6 is 0 Å². The maximum absolute atomic E-state index is 3.13. The highest BCUT2D eigenvalue weighted by atomic mass is 13.9. The number of rotatable bonds is 0. The summed E-state index contributed by atoms with van der Waals surface area (Å²) in [7, 11) is 0. The summed E-state index contributed by atoms with van der Waals surface area (Å²) in [6.45, 7) is 6.27. The van der Waals surface area contributed by atoms with Crippen molar-refractivity contribution in [3.8, 4) is 11.8 Å². The fourth-order valence-electron chi connectivity index (χ4n) is 1.24. The fraction of sp³-hybridized carbons (Fsp3) is 0.333. The third-order valence-corrected chi connectivity index (χ3v) is 1.63. The predicted octanol–water partition coefficient (Wildman–Crippen LogP) is 3.06. The van der Waals surface area contributed by atoms with E-state index in [0.29, 0.717) is 0 Å². The van der Waals surface area contributed by atoms with Gasteiger partial charge in [0, 0.05) is 12.0 Å². The van der Waals surface area contributed by atoms with Gasteiger partial charge in [0.25, 0.3) is 0 Å². The third-order valence-electron chi connectivity index (χ3n) is 1.63. The molecule has 62 valence electrons. The van der Waals surface area contributed by atoms with E-state index in [1.165, 1.54) is 11.1 Å². The molecule has 0 bridgehead atoms. The average molecular weight is 158 g/mol. The summed E-state index contributed by atoms with van der Waals surface area (Å²) in [5, 5.41) is 0. The molecule has 0 aliphatic carbocycles. The largest absolute Gasteiger partial charge is 0.0982 e. The highest BCUT2D eigenvalue weighted by Gasteiger charge is 1.90. The molecule has 0 nitrogen and oxygen atoms in total. The Morgan fingerprint density at radius 2 is 1.67 bits per heavy atom. The second-order valence-electron chi connectivity index (χ2n) is 3.03. The molecule has 1 aromatic carbocycles. The first-order chi connectivity index (χ1) is 5.72. The standard InChI is InChI=1S/C12H14/c1-4-5-6-12-8-10(2)7-11(3)9-12/h7-9H,4H2,1-3H3. The van der Waals surface area contributed by atoms with Crippen LogP contribution in [0.15, 0.2) is 18.2 Å². The quantitative estimate of drug-likeness (QED) is 0.509. The second-order valence-corrected chi connectivity index (χ2v) is 3.03. The van der Waals surface area contributed by atoms with E-state index in [4.69, 9.17) is 0 Å². The van der Waals surface area contributed by atoms with Gasteiger partial charge in [-0.05, 0) is 37.1 Å². The van der Waals surface area contributed by atoms with Gasteiger partial charge >= 0.3 is 0 Å². The molecule has 0 saturated heterocycles. The Morgan fingerprint density at radius 1 is 1.08 bits per heavy atom. The Kier molecular flexibility index (Phi) is 2.94. The van der Waals surface area contributed by atoms with Crippen LogP contribution in [0.25, 0.3) is 0 Å². The Morgan fingerprint density at radius 3 is 2.17 bits per heavy atom. The average Bonchev–Trinajstić information content (AvgIpc) is 1.99. The molecule has 1 aromatic rings. The van der Waals surface area contributed by atoms with Gasteiger partial charge in [-0.25, -0.2) is 0 Å². The molecule has 0 radical (unpaired) electrons. The summed E-state index contributed by atoms with van der Waals surface area (Å²) in [6, 6.07) is 6.41. The van der Waals surface area contributed by atoms with Crippen molar-refractivity contribution < 1.29 is 0 Å². The van der Waals surface area contributed by atoms with Gasteiger partial charge in [0.1, 0.15) is 0 Å². The van der Waals surface area contributed by atoms with Gasteiger partial charge in [-0.15, -0.1) is 0 Å². The van der Waals surface area contributed by atoms with Gasteiger partial charge in [-0.3, -0.25) is 0 Å². The molecular weight excluding hydrogens is 144 g/mol. The summed E-state index contributed by atoms with van der Waals surface area (Å²) in [6.07, 6.45) is 0.924. The van der Waals surface area contributed by atoms with Gasteiger partial charge in [0.15, 0.2) is 0 Å². The number of hydrogen-bond donors (Lipinski definition) is 0. The molecule has 1 rings (SSSR count). The lowest BCUT2D eigenvalue weighted by molar-refractivity contribution is 1.28. The summed E-state index contributed by atoms with van der Waals surface area (Å²) < 4.78 is 0. The molecule has 0 spiro atoms. The Hall–Kier alpha value is -1.22. The van der Waals surface area contributed by atoms with Crippen molar-refractivity contribution in [1.82, 2.24) is 0 Å². The van der Waals surface area contributed by atoms with Crippen LogP contribution < -0.4 is 0 Å². The van der Waals surface area contributed by atoms with E-state index in [1.54, 1.807) is 0 Å². The van der Waals surface area contributed by atoms with Crippen LogP contribution in [0.1, 0.15) is 30.0 Å². The van der Waals surface area contributed by atoms with E-state index in [-0.39, 0.29) is 0 Å². The molecule has 0 heterocycles. The molecule has 0 N–H and O–H groups in total. The lowest BCUT2D eigenvalue weighted by Crippen LogP contribution is -1.80. The molecule has 0 fully saturated rings. The van der Waals surface area contributed by atoms with E-state index >= 15 is 0 Å². The van der Waals surface area contributed by atoms with Crippen molar-refractivity contribution >= 4 is 0 Å². The zero-order chi connectivity index (χ0) is 8.97. The SMILES string of the molecule is CCC#Cc1cc(C)cc(C)c1. The molecule has 0 aromatic heterocycles. The minimum atomic E-state index is 0.924. The van der Waals surface area contributed by atoms with Gasteiger partial charge in [0.05, 0.1) is 0 Å². The van der Waals surface area contributed by atoms with Gasteiger partial charge in [0.2, 0.25) is 0 Å². The minimum absolute atomic E-state index is 0.924. The van der Waals surface area contributed by atoms with Crippen LogP contribution in [0.3, 0.4) is 0 Å². The summed E-state index contributed by atoms with van der Waals surface area (Å²) in [5.41, 5.74) is 3.71. The monoisotopic (exact) mass is 158 g/mol. The van der Waals surface area contributed by atoms with E-state index in [2.05, 4.69) is 50.8 Å². The molecule has 0 aliphatic rings. The molecule has 0 aliphatic heterocycles. The lowest BCUT2D eigenvalue weighted by Gasteiger charge is -1.97. The van der Waals surface area contributed by atoms with E-state index in [9.17, 15) is 0 Å². The van der Waals surface area contributed by atoms with Gasteiger partial charge < -0.3 is 0 Å². The van der Waals surface area contributed by atoms with Crippen molar-refractivity contribution in [1.29, 1.82) is 0 Å². The predicted molar refractivity (Wildman–Crippen MR) is 53.1 cm³/mol.